The summed E-state index contributed by atoms with van der Waals surface area (Å²) in [7, 11) is -3.54. The number of amides is 1. The van der Waals surface area contributed by atoms with E-state index in [4.69, 9.17) is 5.14 Å². The first-order valence-corrected chi connectivity index (χ1v) is 8.78. The van der Waals surface area contributed by atoms with Gasteiger partial charge in [-0.3, -0.25) is 14.8 Å². The number of rotatable bonds is 6. The van der Waals surface area contributed by atoms with Gasteiger partial charge in [0, 0.05) is 44.0 Å². The summed E-state index contributed by atoms with van der Waals surface area (Å²) in [6.07, 6.45) is 5.06. The largest absolute Gasteiger partial charge is 0.391 e. The molecule has 0 spiro atoms. The van der Waals surface area contributed by atoms with E-state index in [0.717, 1.165) is 5.69 Å². The van der Waals surface area contributed by atoms with Crippen LogP contribution in [0.4, 0.5) is 0 Å². The fraction of sp³-hybridized carbons (Fsp3) is 0.615. The molecule has 0 aromatic carbocycles. The molecular formula is C13H20N4O4S. The van der Waals surface area contributed by atoms with E-state index >= 15 is 0 Å². The number of aliphatic hydroxyl groups excluding tert-OH is 1. The van der Waals surface area contributed by atoms with Crippen LogP contribution >= 0.6 is 0 Å². The van der Waals surface area contributed by atoms with Crippen molar-refractivity contribution in [3.63, 3.8) is 0 Å². The van der Waals surface area contributed by atoms with Crippen LogP contribution in [-0.2, 0) is 21.2 Å². The van der Waals surface area contributed by atoms with Crippen LogP contribution in [0.15, 0.2) is 18.6 Å². The van der Waals surface area contributed by atoms with Crippen molar-refractivity contribution in [3.05, 3.63) is 24.3 Å². The lowest BCUT2D eigenvalue weighted by Crippen LogP contribution is -2.30. The van der Waals surface area contributed by atoms with Crippen molar-refractivity contribution in [2.75, 3.05) is 18.8 Å². The van der Waals surface area contributed by atoms with Crippen molar-refractivity contribution in [1.82, 2.24) is 14.9 Å². The van der Waals surface area contributed by atoms with Gasteiger partial charge in [-0.05, 0) is 12.8 Å². The number of carbonyl (C=O) groups excluding carboxylic acids is 1. The Balaban J connectivity index is 1.83. The first kappa shape index (κ1) is 16.8. The maximum absolute atomic E-state index is 12.0. The fourth-order valence-electron chi connectivity index (χ4n) is 2.55. The van der Waals surface area contributed by atoms with Crippen molar-refractivity contribution in [2.45, 2.75) is 25.4 Å². The minimum atomic E-state index is -3.54. The van der Waals surface area contributed by atoms with Gasteiger partial charge in [0.05, 0.1) is 17.6 Å². The molecule has 3 N–H and O–H groups in total. The van der Waals surface area contributed by atoms with Gasteiger partial charge in [-0.2, -0.15) is 0 Å². The van der Waals surface area contributed by atoms with E-state index in [1.807, 2.05) is 0 Å². The molecule has 8 nitrogen and oxygen atoms in total. The number of sulfonamides is 1. The highest BCUT2D eigenvalue weighted by atomic mass is 32.2. The second kappa shape index (κ2) is 7.12. The van der Waals surface area contributed by atoms with Gasteiger partial charge >= 0.3 is 0 Å². The average Bonchev–Trinajstić information content (AvgIpc) is 2.80. The molecule has 0 radical (unpaired) electrons. The summed E-state index contributed by atoms with van der Waals surface area (Å²) in [6.45, 7) is 0.699. The Morgan fingerprint density at radius 1 is 1.41 bits per heavy atom. The van der Waals surface area contributed by atoms with Crippen LogP contribution < -0.4 is 5.14 Å². The van der Waals surface area contributed by atoms with Crippen molar-refractivity contribution in [3.8, 4) is 0 Å². The fourth-order valence-corrected chi connectivity index (χ4v) is 3.09. The van der Waals surface area contributed by atoms with E-state index in [1.54, 1.807) is 23.5 Å². The van der Waals surface area contributed by atoms with Crippen LogP contribution in [-0.4, -0.2) is 59.2 Å². The summed E-state index contributed by atoms with van der Waals surface area (Å²) in [4.78, 5) is 21.7. The quantitative estimate of drug-likeness (QED) is 0.683. The minimum Gasteiger partial charge on any atom is -0.391 e. The van der Waals surface area contributed by atoms with E-state index < -0.39 is 16.1 Å². The topological polar surface area (TPSA) is 126 Å². The number of aromatic nitrogens is 2. The van der Waals surface area contributed by atoms with Gasteiger partial charge in [-0.25, -0.2) is 13.6 Å². The molecule has 0 unspecified atom stereocenters. The number of β-amino-alcohol motifs (C(OH)–C–C–N with tert-alkyl or cyclic N) is 1. The zero-order chi connectivity index (χ0) is 16.2. The average molecular weight is 328 g/mol. The molecule has 22 heavy (non-hydrogen) atoms. The van der Waals surface area contributed by atoms with Gasteiger partial charge in [-0.15, -0.1) is 0 Å². The highest BCUT2D eigenvalue weighted by Gasteiger charge is 2.33. The second-order valence-corrected chi connectivity index (χ2v) is 7.23. The normalized spacial score (nSPS) is 22.0. The molecule has 2 atom stereocenters. The van der Waals surface area contributed by atoms with E-state index in [9.17, 15) is 18.3 Å². The Hall–Kier alpha value is -1.58. The Bertz CT molecular complexity index is 608. The number of primary sulfonamides is 1. The van der Waals surface area contributed by atoms with Gasteiger partial charge in [-0.1, -0.05) is 0 Å². The zero-order valence-electron chi connectivity index (χ0n) is 12.1. The second-order valence-electron chi connectivity index (χ2n) is 5.50. The predicted octanol–water partition coefficient (Wildman–Crippen LogP) is -1.09. The minimum absolute atomic E-state index is 0.0844. The molecule has 9 heteroatoms. The number of hydrogen-bond acceptors (Lipinski definition) is 6. The number of aliphatic hydroxyl groups is 1. The van der Waals surface area contributed by atoms with Crippen LogP contribution in [0.25, 0.3) is 0 Å². The number of likely N-dealkylation sites (tertiary alicyclic amines) is 1. The monoisotopic (exact) mass is 328 g/mol. The standard InChI is InChI=1S/C13H20N4O4S/c14-22(20,21)5-1-2-13(19)17-8-10(12(18)9-17)6-11-7-15-3-4-16-11/h3-4,7,10,12,18H,1-2,5-6,8-9H2,(H2,14,20,21)/t10-,12-/m1/s1. The highest BCUT2D eigenvalue weighted by Crippen LogP contribution is 2.21. The Morgan fingerprint density at radius 2 is 2.18 bits per heavy atom. The molecule has 2 rings (SSSR count). The summed E-state index contributed by atoms with van der Waals surface area (Å²) in [6, 6.07) is 0. The van der Waals surface area contributed by atoms with Crippen LogP contribution in [0.5, 0.6) is 0 Å². The number of carbonyl (C=O) groups is 1. The summed E-state index contributed by atoms with van der Waals surface area (Å²) in [5.41, 5.74) is 0.773. The van der Waals surface area contributed by atoms with E-state index in [-0.39, 0.29) is 37.0 Å². The van der Waals surface area contributed by atoms with Gasteiger partial charge in [0.15, 0.2) is 0 Å². The number of hydrogen-bond donors (Lipinski definition) is 2. The summed E-state index contributed by atoms with van der Waals surface area (Å²) in [5.74, 6) is -0.457. The third-order valence-corrected chi connectivity index (χ3v) is 4.52. The molecule has 0 saturated carbocycles. The molecule has 1 aromatic heterocycles. The van der Waals surface area contributed by atoms with E-state index in [1.165, 1.54) is 0 Å². The van der Waals surface area contributed by atoms with Gasteiger partial charge in [0.1, 0.15) is 0 Å². The third-order valence-electron chi connectivity index (χ3n) is 3.67. The lowest BCUT2D eigenvalue weighted by atomic mass is 10.0. The molecule has 122 valence electrons. The molecule has 1 fully saturated rings. The van der Waals surface area contributed by atoms with Crippen LogP contribution in [0.2, 0.25) is 0 Å². The van der Waals surface area contributed by atoms with E-state index in [0.29, 0.717) is 13.0 Å². The number of nitrogens with zero attached hydrogens (tertiary/aromatic N) is 3. The predicted molar refractivity (Wildman–Crippen MR) is 79.0 cm³/mol. The molecular weight excluding hydrogens is 308 g/mol. The van der Waals surface area contributed by atoms with Crippen LogP contribution in [0.1, 0.15) is 18.5 Å². The first-order chi connectivity index (χ1) is 10.3. The molecule has 1 amide bonds. The molecule has 0 bridgehead atoms. The summed E-state index contributed by atoms with van der Waals surface area (Å²) < 4.78 is 21.7. The number of nitrogens with two attached hydrogens (primary N) is 1. The smallest absolute Gasteiger partial charge is 0.222 e. The molecule has 1 aromatic rings. The first-order valence-electron chi connectivity index (χ1n) is 7.06. The van der Waals surface area contributed by atoms with Crippen LogP contribution in [0, 0.1) is 5.92 Å². The van der Waals surface area contributed by atoms with Crippen molar-refractivity contribution >= 4 is 15.9 Å². The maximum Gasteiger partial charge on any atom is 0.222 e. The van der Waals surface area contributed by atoms with Crippen LogP contribution in [0.3, 0.4) is 0 Å². The van der Waals surface area contributed by atoms with Crippen molar-refractivity contribution in [1.29, 1.82) is 0 Å². The van der Waals surface area contributed by atoms with Crippen molar-refractivity contribution < 1.29 is 18.3 Å². The molecule has 1 aliphatic heterocycles. The van der Waals surface area contributed by atoms with Gasteiger partial charge in [0.2, 0.25) is 15.9 Å². The summed E-state index contributed by atoms with van der Waals surface area (Å²) in [5, 5.41) is 15.0. The maximum atomic E-state index is 12.0. The zero-order valence-corrected chi connectivity index (χ0v) is 12.9. The molecule has 0 aliphatic carbocycles. The summed E-state index contributed by atoms with van der Waals surface area (Å²) >= 11 is 0. The SMILES string of the molecule is NS(=O)(=O)CCCC(=O)N1C[C@@H](Cc2cnccn2)[C@H](O)C1. The Kier molecular flexibility index (Phi) is 5.43. The highest BCUT2D eigenvalue weighted by molar-refractivity contribution is 7.89. The molecule has 1 saturated heterocycles. The Morgan fingerprint density at radius 3 is 2.82 bits per heavy atom. The van der Waals surface area contributed by atoms with Crippen molar-refractivity contribution in [2.24, 2.45) is 11.1 Å². The lowest BCUT2D eigenvalue weighted by molar-refractivity contribution is -0.130. The molecule has 2 heterocycles. The van der Waals surface area contributed by atoms with Gasteiger partial charge in [0.25, 0.3) is 0 Å². The van der Waals surface area contributed by atoms with Gasteiger partial charge < -0.3 is 10.0 Å². The lowest BCUT2D eigenvalue weighted by Gasteiger charge is -2.15. The van der Waals surface area contributed by atoms with E-state index in [2.05, 4.69) is 9.97 Å². The third kappa shape index (κ3) is 5.00. The molecule has 1 aliphatic rings. The Labute approximate surface area is 129 Å².